The number of aliphatic hydroxyl groups is 3. The first-order chi connectivity index (χ1) is 7.24. The zero-order valence-electron chi connectivity index (χ0n) is 8.15. The van der Waals surface area contributed by atoms with E-state index in [0.717, 1.165) is 5.56 Å². The van der Waals surface area contributed by atoms with Gasteiger partial charge in [0, 0.05) is 0 Å². The number of benzene rings is 1. The first-order valence-electron chi connectivity index (χ1n) is 4.91. The minimum Gasteiger partial charge on any atom is -0.394 e. The molecule has 0 radical (unpaired) electrons. The predicted molar refractivity (Wildman–Crippen MR) is 53.2 cm³/mol. The van der Waals surface area contributed by atoms with Crippen LogP contribution in [0.4, 0.5) is 0 Å². The molecule has 4 atom stereocenters. The Morgan fingerprint density at radius 3 is 2.27 bits per heavy atom. The summed E-state index contributed by atoms with van der Waals surface area (Å²) < 4.78 is 5.37. The van der Waals surface area contributed by atoms with E-state index in [1.54, 1.807) is 0 Å². The fourth-order valence-electron chi connectivity index (χ4n) is 1.82. The molecular weight excluding hydrogens is 196 g/mol. The van der Waals surface area contributed by atoms with Crippen molar-refractivity contribution >= 4 is 0 Å². The van der Waals surface area contributed by atoms with Gasteiger partial charge >= 0.3 is 0 Å². The second-order valence-electron chi connectivity index (χ2n) is 3.67. The number of ether oxygens (including phenoxy) is 1. The number of aliphatic hydroxyl groups excluding tert-OH is 3. The lowest BCUT2D eigenvalue weighted by atomic mass is 10.0. The first kappa shape index (κ1) is 10.6. The minimum atomic E-state index is -1.03. The van der Waals surface area contributed by atoms with E-state index in [-0.39, 0.29) is 6.61 Å². The summed E-state index contributed by atoms with van der Waals surface area (Å²) in [5.74, 6) is 0. The zero-order chi connectivity index (χ0) is 10.8. The second-order valence-corrected chi connectivity index (χ2v) is 3.67. The monoisotopic (exact) mass is 210 g/mol. The Morgan fingerprint density at radius 2 is 1.73 bits per heavy atom. The topological polar surface area (TPSA) is 69.9 Å². The largest absolute Gasteiger partial charge is 0.394 e. The van der Waals surface area contributed by atoms with Gasteiger partial charge in [0.2, 0.25) is 0 Å². The quantitative estimate of drug-likeness (QED) is 0.634. The number of hydrogen-bond acceptors (Lipinski definition) is 4. The molecule has 1 saturated heterocycles. The van der Waals surface area contributed by atoms with Gasteiger partial charge in [-0.05, 0) is 5.56 Å². The minimum absolute atomic E-state index is 0.290. The predicted octanol–water partition coefficient (Wildman–Crippen LogP) is -0.159. The van der Waals surface area contributed by atoms with Gasteiger partial charge in [-0.2, -0.15) is 0 Å². The molecule has 82 valence electrons. The van der Waals surface area contributed by atoms with Crippen molar-refractivity contribution in [3.05, 3.63) is 35.9 Å². The van der Waals surface area contributed by atoms with Crippen molar-refractivity contribution in [2.24, 2.45) is 0 Å². The third-order valence-corrected chi connectivity index (χ3v) is 2.67. The van der Waals surface area contributed by atoms with E-state index in [0.29, 0.717) is 0 Å². The molecule has 0 saturated carbocycles. The van der Waals surface area contributed by atoms with E-state index >= 15 is 0 Å². The lowest BCUT2D eigenvalue weighted by molar-refractivity contribution is -0.0227. The van der Waals surface area contributed by atoms with Gasteiger partial charge in [0.05, 0.1) is 6.61 Å². The van der Waals surface area contributed by atoms with Gasteiger partial charge in [0.15, 0.2) is 0 Å². The SMILES string of the molecule is OC[C@@H]1O[C@H](c2ccccc2)[C@@H](O)[C@H]1O. The van der Waals surface area contributed by atoms with Gasteiger partial charge in [-0.3, -0.25) is 0 Å². The maximum atomic E-state index is 9.73. The molecule has 1 fully saturated rings. The van der Waals surface area contributed by atoms with Gasteiger partial charge in [0.1, 0.15) is 24.4 Å². The molecule has 1 aromatic rings. The van der Waals surface area contributed by atoms with Crippen LogP contribution >= 0.6 is 0 Å². The number of hydrogen-bond donors (Lipinski definition) is 3. The highest BCUT2D eigenvalue weighted by Crippen LogP contribution is 2.32. The summed E-state index contributed by atoms with van der Waals surface area (Å²) in [7, 11) is 0. The maximum Gasteiger partial charge on any atom is 0.113 e. The average molecular weight is 210 g/mol. The normalized spacial score (nSPS) is 35.7. The first-order valence-corrected chi connectivity index (χ1v) is 4.91. The molecule has 1 heterocycles. The van der Waals surface area contributed by atoms with Crippen LogP contribution < -0.4 is 0 Å². The fraction of sp³-hybridized carbons (Fsp3) is 0.455. The molecule has 0 aliphatic carbocycles. The Hall–Kier alpha value is -0.940. The molecule has 15 heavy (non-hydrogen) atoms. The van der Waals surface area contributed by atoms with Crippen LogP contribution in [0.25, 0.3) is 0 Å². The number of rotatable bonds is 2. The summed E-state index contributed by atoms with van der Waals surface area (Å²) in [5.41, 5.74) is 0.806. The van der Waals surface area contributed by atoms with Crippen molar-refractivity contribution in [2.45, 2.75) is 24.4 Å². The lowest BCUT2D eigenvalue weighted by Crippen LogP contribution is -2.32. The van der Waals surface area contributed by atoms with E-state index in [1.165, 1.54) is 0 Å². The smallest absolute Gasteiger partial charge is 0.113 e. The highest BCUT2D eigenvalue weighted by atomic mass is 16.6. The highest BCUT2D eigenvalue weighted by molar-refractivity contribution is 5.20. The lowest BCUT2D eigenvalue weighted by Gasteiger charge is -2.14. The summed E-state index contributed by atoms with van der Waals surface area (Å²) in [4.78, 5) is 0. The van der Waals surface area contributed by atoms with Crippen molar-refractivity contribution in [2.75, 3.05) is 6.61 Å². The van der Waals surface area contributed by atoms with E-state index in [9.17, 15) is 10.2 Å². The van der Waals surface area contributed by atoms with Gasteiger partial charge in [0.25, 0.3) is 0 Å². The molecule has 0 aromatic heterocycles. The molecule has 4 nitrogen and oxygen atoms in total. The van der Waals surface area contributed by atoms with Crippen LogP contribution in [-0.2, 0) is 4.74 Å². The molecular formula is C11H14O4. The summed E-state index contributed by atoms with van der Waals surface area (Å²) in [6.07, 6.45) is -3.27. The van der Waals surface area contributed by atoms with Crippen LogP contribution in [0.1, 0.15) is 11.7 Å². The molecule has 0 amide bonds. The average Bonchev–Trinajstić information content (AvgIpc) is 2.57. The molecule has 0 spiro atoms. The third kappa shape index (κ3) is 1.89. The highest BCUT2D eigenvalue weighted by Gasteiger charge is 2.42. The Balaban J connectivity index is 2.19. The summed E-state index contributed by atoms with van der Waals surface area (Å²) in [6, 6.07) is 9.18. The molecule has 2 rings (SSSR count). The summed E-state index contributed by atoms with van der Waals surface area (Å²) in [6.45, 7) is -0.290. The molecule has 1 aromatic carbocycles. The van der Waals surface area contributed by atoms with Crippen LogP contribution in [-0.4, -0.2) is 40.2 Å². The molecule has 3 N–H and O–H groups in total. The summed E-state index contributed by atoms with van der Waals surface area (Å²) in [5, 5.41) is 28.2. The van der Waals surface area contributed by atoms with E-state index in [2.05, 4.69) is 0 Å². The van der Waals surface area contributed by atoms with Crippen molar-refractivity contribution in [1.82, 2.24) is 0 Å². The van der Waals surface area contributed by atoms with E-state index in [1.807, 2.05) is 30.3 Å². The molecule has 0 bridgehead atoms. The molecule has 1 aliphatic heterocycles. The van der Waals surface area contributed by atoms with Crippen LogP contribution in [0.15, 0.2) is 30.3 Å². The molecule has 0 unspecified atom stereocenters. The Morgan fingerprint density at radius 1 is 1.07 bits per heavy atom. The van der Waals surface area contributed by atoms with Crippen molar-refractivity contribution in [3.8, 4) is 0 Å². The van der Waals surface area contributed by atoms with Gasteiger partial charge in [-0.1, -0.05) is 30.3 Å². The Kier molecular flexibility index (Phi) is 3.02. The van der Waals surface area contributed by atoms with Crippen molar-refractivity contribution in [1.29, 1.82) is 0 Å². The van der Waals surface area contributed by atoms with Crippen LogP contribution in [0.2, 0.25) is 0 Å². The zero-order valence-corrected chi connectivity index (χ0v) is 8.15. The standard InChI is InChI=1S/C11H14O4/c12-6-8-9(13)10(14)11(15-8)7-4-2-1-3-5-7/h1-5,8-14H,6H2/t8-,9-,10-,11+/m0/s1. The Bertz CT molecular complexity index is 314. The molecule has 1 aliphatic rings. The Labute approximate surface area is 87.7 Å². The van der Waals surface area contributed by atoms with Crippen molar-refractivity contribution < 1.29 is 20.1 Å². The maximum absolute atomic E-state index is 9.73. The van der Waals surface area contributed by atoms with Crippen LogP contribution in [0, 0.1) is 0 Å². The van der Waals surface area contributed by atoms with Crippen LogP contribution in [0.5, 0.6) is 0 Å². The third-order valence-electron chi connectivity index (χ3n) is 2.67. The molecule has 4 heteroatoms. The van der Waals surface area contributed by atoms with Crippen molar-refractivity contribution in [3.63, 3.8) is 0 Å². The van der Waals surface area contributed by atoms with E-state index in [4.69, 9.17) is 9.84 Å². The second kappa shape index (κ2) is 4.28. The van der Waals surface area contributed by atoms with Crippen LogP contribution in [0.3, 0.4) is 0 Å². The van der Waals surface area contributed by atoms with Gasteiger partial charge < -0.3 is 20.1 Å². The summed E-state index contributed by atoms with van der Waals surface area (Å²) >= 11 is 0. The van der Waals surface area contributed by atoms with Gasteiger partial charge in [-0.15, -0.1) is 0 Å². The van der Waals surface area contributed by atoms with E-state index < -0.39 is 24.4 Å². The van der Waals surface area contributed by atoms with Gasteiger partial charge in [-0.25, -0.2) is 0 Å². The fourth-order valence-corrected chi connectivity index (χ4v) is 1.82.